The molecule has 0 unspecified atom stereocenters. The molecule has 0 bridgehead atoms. The predicted molar refractivity (Wildman–Crippen MR) is 57.5 cm³/mol. The van der Waals surface area contributed by atoms with Crippen LogP contribution in [0.5, 0.6) is 0 Å². The van der Waals surface area contributed by atoms with Crippen molar-refractivity contribution in [3.8, 4) is 0 Å². The van der Waals surface area contributed by atoms with Gasteiger partial charge in [0, 0.05) is 12.6 Å². The summed E-state index contributed by atoms with van der Waals surface area (Å²) in [7, 11) is 1.83. The van der Waals surface area contributed by atoms with Gasteiger partial charge in [0.05, 0.1) is 6.61 Å². The van der Waals surface area contributed by atoms with Crippen LogP contribution in [-0.2, 0) is 4.74 Å². The average Bonchev–Trinajstić information content (AvgIpc) is 2.85. The fourth-order valence-electron chi connectivity index (χ4n) is 2.47. The van der Waals surface area contributed by atoms with Crippen molar-refractivity contribution in [1.29, 1.82) is 0 Å². The number of ether oxygens (including phenoxy) is 1. The standard InChI is InChI=1S/C11H22N2O/c1-14-10-11(4-5-11)13-8-2-6-12-7-3-9-13/h12H,2-10H2,1H3. The molecule has 0 aromatic rings. The minimum atomic E-state index is 0.437. The predicted octanol–water partition coefficient (Wildman–Crippen LogP) is 0.851. The molecule has 0 spiro atoms. The Morgan fingerprint density at radius 1 is 1.21 bits per heavy atom. The molecule has 1 aliphatic heterocycles. The third kappa shape index (κ3) is 2.27. The van der Waals surface area contributed by atoms with E-state index < -0.39 is 0 Å². The van der Waals surface area contributed by atoms with E-state index in [0.717, 1.165) is 6.61 Å². The second kappa shape index (κ2) is 4.60. The van der Waals surface area contributed by atoms with Crippen LogP contribution >= 0.6 is 0 Å². The fraction of sp³-hybridized carbons (Fsp3) is 1.00. The van der Waals surface area contributed by atoms with E-state index in [1.54, 1.807) is 0 Å². The van der Waals surface area contributed by atoms with E-state index in [0.29, 0.717) is 5.54 Å². The molecule has 0 radical (unpaired) electrons. The Balaban J connectivity index is 1.87. The molecule has 82 valence electrons. The van der Waals surface area contributed by atoms with E-state index in [1.165, 1.54) is 51.9 Å². The van der Waals surface area contributed by atoms with Crippen molar-refractivity contribution in [2.75, 3.05) is 39.9 Å². The summed E-state index contributed by atoms with van der Waals surface area (Å²) in [6, 6.07) is 0. The molecular formula is C11H22N2O. The zero-order valence-electron chi connectivity index (χ0n) is 9.22. The van der Waals surface area contributed by atoms with Crippen molar-refractivity contribution in [1.82, 2.24) is 10.2 Å². The first kappa shape index (κ1) is 10.4. The van der Waals surface area contributed by atoms with E-state index in [9.17, 15) is 0 Å². The van der Waals surface area contributed by atoms with Crippen LogP contribution in [0.4, 0.5) is 0 Å². The number of rotatable bonds is 3. The summed E-state index contributed by atoms with van der Waals surface area (Å²) >= 11 is 0. The molecule has 0 aromatic carbocycles. The van der Waals surface area contributed by atoms with Crippen molar-refractivity contribution in [3.63, 3.8) is 0 Å². The highest BCUT2D eigenvalue weighted by Gasteiger charge is 2.47. The first-order chi connectivity index (χ1) is 6.87. The smallest absolute Gasteiger partial charge is 0.0646 e. The Bertz CT molecular complexity index is 172. The normalized spacial score (nSPS) is 28.1. The van der Waals surface area contributed by atoms with Crippen LogP contribution in [0.25, 0.3) is 0 Å². The molecule has 3 heteroatoms. The number of nitrogens with zero attached hydrogens (tertiary/aromatic N) is 1. The van der Waals surface area contributed by atoms with E-state index in [-0.39, 0.29) is 0 Å². The maximum absolute atomic E-state index is 5.34. The van der Waals surface area contributed by atoms with Crippen LogP contribution in [0, 0.1) is 0 Å². The molecular weight excluding hydrogens is 176 g/mol. The van der Waals surface area contributed by atoms with Crippen molar-refractivity contribution >= 4 is 0 Å². The van der Waals surface area contributed by atoms with Crippen molar-refractivity contribution in [2.45, 2.75) is 31.2 Å². The summed E-state index contributed by atoms with van der Waals surface area (Å²) in [6.07, 6.45) is 5.25. The molecule has 0 aromatic heterocycles. The van der Waals surface area contributed by atoms with E-state index in [1.807, 2.05) is 7.11 Å². The molecule has 1 aliphatic carbocycles. The average molecular weight is 198 g/mol. The molecule has 0 atom stereocenters. The lowest BCUT2D eigenvalue weighted by atomic mass is 10.2. The fourth-order valence-corrected chi connectivity index (χ4v) is 2.47. The van der Waals surface area contributed by atoms with Gasteiger partial charge in [-0.2, -0.15) is 0 Å². The van der Waals surface area contributed by atoms with Gasteiger partial charge in [-0.05, 0) is 51.9 Å². The van der Waals surface area contributed by atoms with E-state index >= 15 is 0 Å². The first-order valence-electron chi connectivity index (χ1n) is 5.82. The van der Waals surface area contributed by atoms with Gasteiger partial charge < -0.3 is 10.1 Å². The minimum Gasteiger partial charge on any atom is -0.383 e. The molecule has 2 aliphatic rings. The quantitative estimate of drug-likeness (QED) is 0.727. The molecule has 1 saturated carbocycles. The summed E-state index contributed by atoms with van der Waals surface area (Å²) in [4.78, 5) is 2.66. The van der Waals surface area contributed by atoms with Crippen LogP contribution in [0.15, 0.2) is 0 Å². The Hall–Kier alpha value is -0.120. The number of nitrogens with one attached hydrogen (secondary N) is 1. The third-order valence-electron chi connectivity index (χ3n) is 3.47. The molecule has 2 rings (SSSR count). The van der Waals surface area contributed by atoms with Crippen LogP contribution in [-0.4, -0.2) is 50.3 Å². The highest BCUT2D eigenvalue weighted by atomic mass is 16.5. The van der Waals surface area contributed by atoms with Gasteiger partial charge in [0.1, 0.15) is 0 Å². The molecule has 1 heterocycles. The molecule has 0 amide bonds. The second-order valence-electron chi connectivity index (χ2n) is 4.60. The van der Waals surface area contributed by atoms with Crippen LogP contribution < -0.4 is 5.32 Å². The highest BCUT2D eigenvalue weighted by Crippen LogP contribution is 2.42. The summed E-state index contributed by atoms with van der Waals surface area (Å²) in [5.41, 5.74) is 0.437. The largest absolute Gasteiger partial charge is 0.383 e. The molecule has 1 saturated heterocycles. The van der Waals surface area contributed by atoms with Crippen molar-refractivity contribution < 1.29 is 4.74 Å². The summed E-state index contributed by atoms with van der Waals surface area (Å²) in [5.74, 6) is 0. The Morgan fingerprint density at radius 3 is 2.36 bits per heavy atom. The van der Waals surface area contributed by atoms with Gasteiger partial charge in [-0.1, -0.05) is 0 Å². The zero-order valence-corrected chi connectivity index (χ0v) is 9.22. The lowest BCUT2D eigenvalue weighted by Gasteiger charge is -2.33. The number of hydrogen-bond acceptors (Lipinski definition) is 3. The number of hydrogen-bond donors (Lipinski definition) is 1. The van der Waals surface area contributed by atoms with Gasteiger partial charge in [-0.15, -0.1) is 0 Å². The maximum atomic E-state index is 5.34. The molecule has 1 N–H and O–H groups in total. The highest BCUT2D eigenvalue weighted by molar-refractivity contribution is 5.04. The summed E-state index contributed by atoms with van der Waals surface area (Å²) in [6.45, 7) is 5.78. The van der Waals surface area contributed by atoms with Crippen LogP contribution in [0.2, 0.25) is 0 Å². The van der Waals surface area contributed by atoms with Gasteiger partial charge >= 0.3 is 0 Å². The van der Waals surface area contributed by atoms with Gasteiger partial charge in [-0.25, -0.2) is 0 Å². The topological polar surface area (TPSA) is 24.5 Å². The Labute approximate surface area is 86.8 Å². The first-order valence-corrected chi connectivity index (χ1v) is 5.82. The minimum absolute atomic E-state index is 0.437. The lowest BCUT2D eigenvalue weighted by Crippen LogP contribution is -2.44. The van der Waals surface area contributed by atoms with Crippen LogP contribution in [0.3, 0.4) is 0 Å². The van der Waals surface area contributed by atoms with Gasteiger partial charge in [-0.3, -0.25) is 4.90 Å². The van der Waals surface area contributed by atoms with E-state index in [4.69, 9.17) is 4.74 Å². The summed E-state index contributed by atoms with van der Waals surface area (Å²) < 4.78 is 5.34. The van der Waals surface area contributed by atoms with Gasteiger partial charge in [0.15, 0.2) is 0 Å². The third-order valence-corrected chi connectivity index (χ3v) is 3.47. The monoisotopic (exact) mass is 198 g/mol. The Kier molecular flexibility index (Phi) is 3.42. The molecule has 2 fully saturated rings. The maximum Gasteiger partial charge on any atom is 0.0646 e. The van der Waals surface area contributed by atoms with Gasteiger partial charge in [0.25, 0.3) is 0 Å². The van der Waals surface area contributed by atoms with Crippen molar-refractivity contribution in [3.05, 3.63) is 0 Å². The zero-order chi connectivity index (χ0) is 9.86. The lowest BCUT2D eigenvalue weighted by molar-refractivity contribution is 0.0701. The Morgan fingerprint density at radius 2 is 1.86 bits per heavy atom. The SMILES string of the molecule is COCC1(N2CCCNCCC2)CC1. The molecule has 14 heavy (non-hydrogen) atoms. The number of methoxy groups -OCH3 is 1. The molecule has 3 nitrogen and oxygen atoms in total. The van der Waals surface area contributed by atoms with Gasteiger partial charge in [0.2, 0.25) is 0 Å². The van der Waals surface area contributed by atoms with Crippen LogP contribution in [0.1, 0.15) is 25.7 Å². The second-order valence-corrected chi connectivity index (χ2v) is 4.60. The van der Waals surface area contributed by atoms with E-state index in [2.05, 4.69) is 10.2 Å². The van der Waals surface area contributed by atoms with Crippen molar-refractivity contribution in [2.24, 2.45) is 0 Å². The summed E-state index contributed by atoms with van der Waals surface area (Å²) in [5, 5.41) is 3.45.